The van der Waals surface area contributed by atoms with Gasteiger partial charge in [0.05, 0.1) is 11.0 Å². The van der Waals surface area contributed by atoms with Crippen molar-refractivity contribution in [2.75, 3.05) is 19.8 Å². The molecule has 0 radical (unpaired) electrons. The van der Waals surface area contributed by atoms with Crippen LogP contribution in [0.5, 0.6) is 0 Å². The summed E-state index contributed by atoms with van der Waals surface area (Å²) in [5.41, 5.74) is 7.34. The zero-order chi connectivity index (χ0) is 12.6. The molecule has 2 N–H and O–H groups in total. The standard InChI is InChI=1S/C12H17FN4/c1-8(16(2)3)7-17-11-6-9(13)4-5-10(11)15-12(17)14/h4-6,8H,7H2,1-3H3,(H2,14,15). The fourth-order valence-electron chi connectivity index (χ4n) is 1.73. The van der Waals surface area contributed by atoms with Gasteiger partial charge in [0.25, 0.3) is 0 Å². The van der Waals surface area contributed by atoms with Crippen LogP contribution in [0.2, 0.25) is 0 Å². The van der Waals surface area contributed by atoms with Crippen molar-refractivity contribution in [1.82, 2.24) is 14.5 Å². The van der Waals surface area contributed by atoms with Crippen LogP contribution >= 0.6 is 0 Å². The maximum absolute atomic E-state index is 13.2. The molecule has 1 aromatic heterocycles. The average molecular weight is 236 g/mol. The second kappa shape index (κ2) is 4.33. The van der Waals surface area contributed by atoms with Gasteiger partial charge in [0, 0.05) is 12.6 Å². The van der Waals surface area contributed by atoms with Crippen molar-refractivity contribution < 1.29 is 4.39 Å². The Balaban J connectivity index is 2.45. The average Bonchev–Trinajstić information content (AvgIpc) is 2.55. The van der Waals surface area contributed by atoms with Crippen molar-refractivity contribution in [3.05, 3.63) is 24.0 Å². The first-order valence-corrected chi connectivity index (χ1v) is 5.56. The highest BCUT2D eigenvalue weighted by atomic mass is 19.1. The van der Waals surface area contributed by atoms with E-state index in [4.69, 9.17) is 5.73 Å². The van der Waals surface area contributed by atoms with E-state index in [0.717, 1.165) is 11.0 Å². The number of nitrogens with two attached hydrogens (primary N) is 1. The number of hydrogen-bond acceptors (Lipinski definition) is 3. The zero-order valence-electron chi connectivity index (χ0n) is 10.3. The third kappa shape index (κ3) is 2.24. The van der Waals surface area contributed by atoms with E-state index < -0.39 is 0 Å². The van der Waals surface area contributed by atoms with Crippen molar-refractivity contribution in [3.63, 3.8) is 0 Å². The molecule has 1 atom stereocenters. The van der Waals surface area contributed by atoms with Gasteiger partial charge in [-0.3, -0.25) is 0 Å². The van der Waals surface area contributed by atoms with E-state index in [-0.39, 0.29) is 5.82 Å². The number of halogens is 1. The van der Waals surface area contributed by atoms with Crippen LogP contribution in [-0.4, -0.2) is 34.6 Å². The number of aromatic nitrogens is 2. The van der Waals surface area contributed by atoms with Gasteiger partial charge in [-0.15, -0.1) is 0 Å². The molecule has 2 rings (SSSR count). The molecule has 1 unspecified atom stereocenters. The Labute approximate surface area is 99.8 Å². The lowest BCUT2D eigenvalue weighted by Crippen LogP contribution is -2.29. The lowest BCUT2D eigenvalue weighted by molar-refractivity contribution is 0.287. The highest BCUT2D eigenvalue weighted by molar-refractivity contribution is 5.78. The molecule has 92 valence electrons. The first-order valence-electron chi connectivity index (χ1n) is 5.56. The second-order valence-electron chi connectivity index (χ2n) is 4.53. The largest absolute Gasteiger partial charge is 0.369 e. The molecule has 0 aliphatic heterocycles. The third-order valence-electron chi connectivity index (χ3n) is 3.07. The van der Waals surface area contributed by atoms with E-state index in [9.17, 15) is 4.39 Å². The van der Waals surface area contributed by atoms with E-state index in [1.807, 2.05) is 18.7 Å². The van der Waals surface area contributed by atoms with Crippen LogP contribution in [0.25, 0.3) is 11.0 Å². The Morgan fingerprint density at radius 1 is 1.47 bits per heavy atom. The first-order chi connectivity index (χ1) is 7.99. The molecule has 1 heterocycles. The number of likely N-dealkylation sites (N-methyl/N-ethyl adjacent to an activating group) is 1. The molecule has 0 spiro atoms. The summed E-state index contributed by atoms with van der Waals surface area (Å²) in [6.07, 6.45) is 0. The predicted octanol–water partition coefficient (Wildman–Crippen LogP) is 1.71. The fraction of sp³-hybridized carbons (Fsp3) is 0.417. The molecule has 0 saturated carbocycles. The summed E-state index contributed by atoms with van der Waals surface area (Å²) in [5.74, 6) is 0.162. The summed E-state index contributed by atoms with van der Waals surface area (Å²) in [4.78, 5) is 6.31. The fourth-order valence-corrected chi connectivity index (χ4v) is 1.73. The summed E-state index contributed by atoms with van der Waals surface area (Å²) in [5, 5.41) is 0. The van der Waals surface area contributed by atoms with Crippen LogP contribution in [0.1, 0.15) is 6.92 Å². The Morgan fingerprint density at radius 2 is 2.18 bits per heavy atom. The van der Waals surface area contributed by atoms with Crippen LogP contribution in [0.4, 0.5) is 10.3 Å². The van der Waals surface area contributed by atoms with Crippen LogP contribution in [0.15, 0.2) is 18.2 Å². The van der Waals surface area contributed by atoms with Crippen molar-refractivity contribution in [1.29, 1.82) is 0 Å². The quantitative estimate of drug-likeness (QED) is 0.882. The van der Waals surface area contributed by atoms with Gasteiger partial charge in [-0.2, -0.15) is 0 Å². The summed E-state index contributed by atoms with van der Waals surface area (Å²) in [6.45, 7) is 2.78. The molecule has 5 heteroatoms. The van der Waals surface area contributed by atoms with Crippen molar-refractivity contribution in [2.45, 2.75) is 19.5 Å². The van der Waals surface area contributed by atoms with E-state index in [1.165, 1.54) is 12.1 Å². The molecule has 0 fully saturated rings. The molecular weight excluding hydrogens is 219 g/mol. The molecule has 0 aliphatic carbocycles. The molecular formula is C12H17FN4. The smallest absolute Gasteiger partial charge is 0.201 e. The van der Waals surface area contributed by atoms with Crippen LogP contribution < -0.4 is 5.73 Å². The Bertz CT molecular complexity index is 533. The SMILES string of the molecule is CC(Cn1c(N)nc2ccc(F)cc21)N(C)C. The molecule has 17 heavy (non-hydrogen) atoms. The number of imidazole rings is 1. The monoisotopic (exact) mass is 236 g/mol. The summed E-state index contributed by atoms with van der Waals surface area (Å²) < 4.78 is 15.1. The van der Waals surface area contributed by atoms with Crippen molar-refractivity contribution in [3.8, 4) is 0 Å². The van der Waals surface area contributed by atoms with Crippen LogP contribution in [-0.2, 0) is 6.54 Å². The van der Waals surface area contributed by atoms with Gasteiger partial charge in [0.2, 0.25) is 5.95 Å². The summed E-state index contributed by atoms with van der Waals surface area (Å²) >= 11 is 0. The molecule has 1 aromatic carbocycles. The van der Waals surface area contributed by atoms with E-state index in [1.54, 1.807) is 6.07 Å². The molecule has 4 nitrogen and oxygen atoms in total. The topological polar surface area (TPSA) is 47.1 Å². The Hall–Kier alpha value is -1.62. The predicted molar refractivity (Wildman–Crippen MR) is 67.3 cm³/mol. The minimum atomic E-state index is -0.267. The van der Waals surface area contributed by atoms with Gasteiger partial charge >= 0.3 is 0 Å². The Morgan fingerprint density at radius 3 is 2.82 bits per heavy atom. The molecule has 0 amide bonds. The summed E-state index contributed by atoms with van der Waals surface area (Å²) in [6, 6.07) is 4.82. The van der Waals surface area contributed by atoms with Crippen LogP contribution in [0.3, 0.4) is 0 Å². The molecule has 0 aliphatic rings. The van der Waals surface area contributed by atoms with Gasteiger partial charge < -0.3 is 15.2 Å². The normalized spacial score (nSPS) is 13.5. The molecule has 2 aromatic rings. The lowest BCUT2D eigenvalue weighted by atomic mass is 10.2. The molecule has 0 bridgehead atoms. The lowest BCUT2D eigenvalue weighted by Gasteiger charge is -2.21. The Kier molecular flexibility index (Phi) is 3.02. The van der Waals surface area contributed by atoms with Crippen molar-refractivity contribution >= 4 is 17.0 Å². The number of rotatable bonds is 3. The first kappa shape index (κ1) is 11.9. The second-order valence-corrected chi connectivity index (χ2v) is 4.53. The number of benzene rings is 1. The number of nitrogen functional groups attached to an aromatic ring is 1. The third-order valence-corrected chi connectivity index (χ3v) is 3.07. The zero-order valence-corrected chi connectivity index (χ0v) is 10.3. The van der Waals surface area contributed by atoms with Gasteiger partial charge in [0.15, 0.2) is 0 Å². The number of anilines is 1. The minimum absolute atomic E-state index is 0.267. The highest BCUT2D eigenvalue weighted by Gasteiger charge is 2.12. The van der Waals surface area contributed by atoms with Crippen LogP contribution in [0, 0.1) is 5.82 Å². The maximum atomic E-state index is 13.2. The van der Waals surface area contributed by atoms with Crippen molar-refractivity contribution in [2.24, 2.45) is 0 Å². The molecule has 0 saturated heterocycles. The van der Waals surface area contributed by atoms with Gasteiger partial charge in [-0.1, -0.05) is 0 Å². The van der Waals surface area contributed by atoms with E-state index in [0.29, 0.717) is 18.5 Å². The van der Waals surface area contributed by atoms with Gasteiger partial charge in [-0.25, -0.2) is 9.37 Å². The van der Waals surface area contributed by atoms with E-state index in [2.05, 4.69) is 16.8 Å². The van der Waals surface area contributed by atoms with Gasteiger partial charge in [-0.05, 0) is 39.2 Å². The number of nitrogens with zero attached hydrogens (tertiary/aromatic N) is 3. The minimum Gasteiger partial charge on any atom is -0.369 e. The number of hydrogen-bond donors (Lipinski definition) is 1. The van der Waals surface area contributed by atoms with Gasteiger partial charge in [0.1, 0.15) is 5.82 Å². The van der Waals surface area contributed by atoms with E-state index >= 15 is 0 Å². The maximum Gasteiger partial charge on any atom is 0.201 e. The highest BCUT2D eigenvalue weighted by Crippen LogP contribution is 2.19. The summed E-state index contributed by atoms with van der Waals surface area (Å²) in [7, 11) is 4.00. The number of fused-ring (bicyclic) bond motifs is 1.